The Labute approximate surface area is 105 Å². The molecule has 0 fully saturated rings. The first-order valence-corrected chi connectivity index (χ1v) is 5.60. The molecular weight excluding hydrogens is 233 g/mol. The quantitative estimate of drug-likeness (QED) is 0.906. The Morgan fingerprint density at radius 3 is 2.72 bits per heavy atom. The molecule has 1 aromatic carbocycles. The van der Waals surface area contributed by atoms with Crippen LogP contribution < -0.4 is 4.74 Å². The van der Waals surface area contributed by atoms with Crippen LogP contribution in [0.15, 0.2) is 30.5 Å². The van der Waals surface area contributed by atoms with E-state index in [-0.39, 0.29) is 12.5 Å². The lowest BCUT2D eigenvalue weighted by molar-refractivity contribution is 0.274. The van der Waals surface area contributed by atoms with Crippen molar-refractivity contribution < 1.29 is 14.2 Å². The first kappa shape index (κ1) is 12.5. The third-order valence-electron chi connectivity index (χ3n) is 2.60. The molecule has 18 heavy (non-hydrogen) atoms. The van der Waals surface area contributed by atoms with Crippen molar-refractivity contribution in [3.8, 4) is 11.6 Å². The van der Waals surface area contributed by atoms with Gasteiger partial charge in [0.25, 0.3) is 0 Å². The van der Waals surface area contributed by atoms with E-state index in [4.69, 9.17) is 9.84 Å². The second-order valence-electron chi connectivity index (χ2n) is 4.15. The predicted molar refractivity (Wildman–Crippen MR) is 66.1 cm³/mol. The molecule has 0 saturated carbocycles. The van der Waals surface area contributed by atoms with Gasteiger partial charge in [-0.15, -0.1) is 0 Å². The van der Waals surface area contributed by atoms with Gasteiger partial charge in [0, 0.05) is 5.56 Å². The molecule has 0 aliphatic heterocycles. The predicted octanol–water partition coefficient (Wildman–Crippen LogP) is 3.12. The molecule has 4 heteroatoms. The fraction of sp³-hybridized carbons (Fsp3) is 0.214. The van der Waals surface area contributed by atoms with Gasteiger partial charge in [-0.2, -0.15) is 0 Å². The maximum atomic E-state index is 13.0. The van der Waals surface area contributed by atoms with Gasteiger partial charge in [-0.3, -0.25) is 0 Å². The highest BCUT2D eigenvalue weighted by molar-refractivity contribution is 5.39. The van der Waals surface area contributed by atoms with Gasteiger partial charge in [0.2, 0.25) is 5.88 Å². The fourth-order valence-corrected chi connectivity index (χ4v) is 1.69. The van der Waals surface area contributed by atoms with Crippen LogP contribution in [0.2, 0.25) is 0 Å². The number of benzene rings is 1. The van der Waals surface area contributed by atoms with E-state index in [1.807, 2.05) is 32.0 Å². The Kier molecular flexibility index (Phi) is 3.58. The van der Waals surface area contributed by atoms with Crippen LogP contribution in [-0.4, -0.2) is 10.1 Å². The van der Waals surface area contributed by atoms with E-state index >= 15 is 0 Å². The highest BCUT2D eigenvalue weighted by Crippen LogP contribution is 2.27. The van der Waals surface area contributed by atoms with Crippen molar-refractivity contribution in [1.29, 1.82) is 0 Å². The largest absolute Gasteiger partial charge is 0.438 e. The molecular formula is C14H14FNO2. The second kappa shape index (κ2) is 5.14. The third kappa shape index (κ3) is 2.65. The SMILES string of the molecule is Cc1ccc(Oc2ncc(F)cc2CO)c(C)c1. The van der Waals surface area contributed by atoms with Crippen molar-refractivity contribution in [2.45, 2.75) is 20.5 Å². The summed E-state index contributed by atoms with van der Waals surface area (Å²) in [5, 5.41) is 9.15. The molecule has 0 radical (unpaired) electrons. The van der Waals surface area contributed by atoms with Gasteiger partial charge in [0.1, 0.15) is 11.6 Å². The van der Waals surface area contributed by atoms with Gasteiger partial charge in [0.05, 0.1) is 12.8 Å². The Morgan fingerprint density at radius 1 is 1.28 bits per heavy atom. The Hall–Kier alpha value is -1.94. The summed E-state index contributed by atoms with van der Waals surface area (Å²) in [6.07, 6.45) is 1.07. The molecule has 0 aliphatic rings. The maximum absolute atomic E-state index is 13.0. The molecule has 0 spiro atoms. The third-order valence-corrected chi connectivity index (χ3v) is 2.60. The van der Waals surface area contributed by atoms with E-state index in [0.717, 1.165) is 17.3 Å². The summed E-state index contributed by atoms with van der Waals surface area (Å²) in [6.45, 7) is 3.60. The van der Waals surface area contributed by atoms with Crippen LogP contribution in [0.4, 0.5) is 4.39 Å². The molecule has 94 valence electrons. The van der Waals surface area contributed by atoms with Gasteiger partial charge in [-0.05, 0) is 31.5 Å². The Morgan fingerprint density at radius 2 is 2.06 bits per heavy atom. The number of aliphatic hydroxyl groups is 1. The monoisotopic (exact) mass is 247 g/mol. The summed E-state index contributed by atoms with van der Waals surface area (Å²) in [5.41, 5.74) is 2.43. The summed E-state index contributed by atoms with van der Waals surface area (Å²) in [4.78, 5) is 3.85. The van der Waals surface area contributed by atoms with Crippen LogP contribution in [0.5, 0.6) is 11.6 Å². The summed E-state index contributed by atoms with van der Waals surface area (Å²) < 4.78 is 18.6. The molecule has 1 heterocycles. The van der Waals surface area contributed by atoms with Crippen LogP contribution in [-0.2, 0) is 6.61 Å². The van der Waals surface area contributed by atoms with Gasteiger partial charge in [0.15, 0.2) is 0 Å². The second-order valence-corrected chi connectivity index (χ2v) is 4.15. The lowest BCUT2D eigenvalue weighted by Crippen LogP contribution is -1.97. The standard InChI is InChI=1S/C14H14FNO2/c1-9-3-4-13(10(2)5-9)18-14-11(8-17)6-12(15)7-16-14/h3-7,17H,8H2,1-2H3. The van der Waals surface area contributed by atoms with Crippen molar-refractivity contribution in [2.24, 2.45) is 0 Å². The molecule has 1 N–H and O–H groups in total. The molecule has 0 bridgehead atoms. The van der Waals surface area contributed by atoms with Crippen molar-refractivity contribution >= 4 is 0 Å². The van der Waals surface area contributed by atoms with E-state index < -0.39 is 5.82 Å². The fourth-order valence-electron chi connectivity index (χ4n) is 1.69. The summed E-state index contributed by atoms with van der Waals surface area (Å²) >= 11 is 0. The topological polar surface area (TPSA) is 42.4 Å². The zero-order valence-electron chi connectivity index (χ0n) is 10.3. The number of halogens is 1. The highest BCUT2D eigenvalue weighted by atomic mass is 19.1. The molecule has 0 atom stereocenters. The van der Waals surface area contributed by atoms with Crippen LogP contribution in [0.25, 0.3) is 0 Å². The van der Waals surface area contributed by atoms with E-state index in [2.05, 4.69) is 4.98 Å². The number of hydrogen-bond acceptors (Lipinski definition) is 3. The summed E-state index contributed by atoms with van der Waals surface area (Å²) in [6, 6.07) is 6.95. The number of ether oxygens (including phenoxy) is 1. The maximum Gasteiger partial charge on any atom is 0.224 e. The average molecular weight is 247 g/mol. The Balaban J connectivity index is 2.33. The number of aliphatic hydroxyl groups excluding tert-OH is 1. The molecule has 0 unspecified atom stereocenters. The van der Waals surface area contributed by atoms with E-state index in [0.29, 0.717) is 11.3 Å². The van der Waals surface area contributed by atoms with Crippen molar-refractivity contribution in [3.63, 3.8) is 0 Å². The van der Waals surface area contributed by atoms with Crippen LogP contribution >= 0.6 is 0 Å². The summed E-state index contributed by atoms with van der Waals surface area (Å²) in [5.74, 6) is 0.382. The number of pyridine rings is 1. The molecule has 0 saturated heterocycles. The molecule has 0 aliphatic carbocycles. The lowest BCUT2D eigenvalue weighted by Gasteiger charge is -2.11. The van der Waals surface area contributed by atoms with Gasteiger partial charge in [-0.25, -0.2) is 9.37 Å². The lowest BCUT2D eigenvalue weighted by atomic mass is 10.1. The van der Waals surface area contributed by atoms with Crippen LogP contribution in [0.3, 0.4) is 0 Å². The van der Waals surface area contributed by atoms with Crippen LogP contribution in [0.1, 0.15) is 16.7 Å². The Bertz CT molecular complexity index is 570. The summed E-state index contributed by atoms with van der Waals surface area (Å²) in [7, 11) is 0. The van der Waals surface area contributed by atoms with Crippen molar-refractivity contribution in [2.75, 3.05) is 0 Å². The smallest absolute Gasteiger partial charge is 0.224 e. The molecule has 1 aromatic heterocycles. The van der Waals surface area contributed by atoms with E-state index in [9.17, 15) is 4.39 Å². The minimum Gasteiger partial charge on any atom is -0.438 e. The first-order valence-electron chi connectivity index (χ1n) is 5.60. The van der Waals surface area contributed by atoms with Crippen LogP contribution in [0, 0.1) is 19.7 Å². The number of rotatable bonds is 3. The van der Waals surface area contributed by atoms with Gasteiger partial charge < -0.3 is 9.84 Å². The van der Waals surface area contributed by atoms with Gasteiger partial charge in [-0.1, -0.05) is 17.7 Å². The van der Waals surface area contributed by atoms with E-state index in [1.165, 1.54) is 6.07 Å². The number of hydrogen-bond donors (Lipinski definition) is 1. The zero-order valence-corrected chi connectivity index (χ0v) is 10.3. The highest BCUT2D eigenvalue weighted by Gasteiger charge is 2.09. The molecule has 3 nitrogen and oxygen atoms in total. The molecule has 2 rings (SSSR count). The average Bonchev–Trinajstić information content (AvgIpc) is 2.34. The molecule has 2 aromatic rings. The van der Waals surface area contributed by atoms with Crippen molar-refractivity contribution in [1.82, 2.24) is 4.98 Å². The number of aromatic nitrogens is 1. The number of nitrogens with zero attached hydrogens (tertiary/aromatic N) is 1. The number of aryl methyl sites for hydroxylation is 2. The van der Waals surface area contributed by atoms with Gasteiger partial charge >= 0.3 is 0 Å². The normalized spacial score (nSPS) is 10.4. The molecule has 0 amide bonds. The van der Waals surface area contributed by atoms with E-state index in [1.54, 1.807) is 0 Å². The van der Waals surface area contributed by atoms with Crippen molar-refractivity contribution in [3.05, 3.63) is 53.0 Å². The minimum absolute atomic E-state index is 0.228. The minimum atomic E-state index is -0.493. The first-order chi connectivity index (χ1) is 8.60. The zero-order chi connectivity index (χ0) is 13.1.